The van der Waals surface area contributed by atoms with Crippen LogP contribution in [0.3, 0.4) is 0 Å². The average Bonchev–Trinajstić information content (AvgIpc) is 3.41. The second-order valence-corrected chi connectivity index (χ2v) is 10.5. The smallest absolute Gasteiger partial charge is 0.209 e. The average molecular weight is 458 g/mol. The summed E-state index contributed by atoms with van der Waals surface area (Å²) in [4.78, 5) is 4.85. The van der Waals surface area contributed by atoms with Crippen LogP contribution in [-0.4, -0.2) is 17.4 Å². The summed E-state index contributed by atoms with van der Waals surface area (Å²) >= 11 is 0. The molecule has 5 rings (SSSR count). The summed E-state index contributed by atoms with van der Waals surface area (Å²) in [5, 5.41) is 1.20. The molecule has 1 heterocycles. The highest BCUT2D eigenvalue weighted by Crippen LogP contribution is 2.45. The zero-order chi connectivity index (χ0) is 23.4. The number of hydrogen-bond donors (Lipinski definition) is 0. The van der Waals surface area contributed by atoms with Gasteiger partial charge in [-0.25, -0.2) is 0 Å². The van der Waals surface area contributed by atoms with Gasteiger partial charge in [-0.2, -0.15) is 0 Å². The third-order valence-corrected chi connectivity index (χ3v) is 8.29. The molecule has 2 atom stereocenters. The van der Waals surface area contributed by atoms with Crippen LogP contribution in [0.1, 0.15) is 95.1 Å². The van der Waals surface area contributed by atoms with Gasteiger partial charge in [0.1, 0.15) is 5.75 Å². The van der Waals surface area contributed by atoms with E-state index in [1.54, 1.807) is 0 Å². The molecule has 3 aromatic rings. The van der Waals surface area contributed by atoms with E-state index in [-0.39, 0.29) is 17.8 Å². The van der Waals surface area contributed by atoms with Crippen LogP contribution in [0.5, 0.6) is 5.75 Å². The maximum Gasteiger partial charge on any atom is 0.209 e. The van der Waals surface area contributed by atoms with Gasteiger partial charge in [0.05, 0.1) is 17.0 Å². The van der Waals surface area contributed by atoms with Crippen LogP contribution in [-0.2, 0) is 10.2 Å². The number of hydrogen-bond acceptors (Lipinski definition) is 3. The monoisotopic (exact) mass is 457 g/mol. The van der Waals surface area contributed by atoms with E-state index < -0.39 is 0 Å². The van der Waals surface area contributed by atoms with Crippen LogP contribution in [0.25, 0.3) is 10.9 Å². The molecule has 0 amide bonds. The first-order valence-corrected chi connectivity index (χ1v) is 13.5. The number of benzene rings is 2. The summed E-state index contributed by atoms with van der Waals surface area (Å²) in [6.45, 7) is 4.52. The molecule has 2 aromatic carbocycles. The van der Waals surface area contributed by atoms with Gasteiger partial charge < -0.3 is 9.47 Å². The Balaban J connectivity index is 1.51. The summed E-state index contributed by atoms with van der Waals surface area (Å²) in [7, 11) is 0. The van der Waals surface area contributed by atoms with E-state index in [0.717, 1.165) is 43.4 Å². The normalized spacial score (nSPS) is 20.3. The fraction of sp³-hybridized carbons (Fsp3) is 0.516. The molecule has 2 aliphatic carbocycles. The van der Waals surface area contributed by atoms with Gasteiger partial charge in [0.25, 0.3) is 0 Å². The number of aromatic nitrogens is 1. The van der Waals surface area contributed by atoms with Gasteiger partial charge in [-0.15, -0.1) is 0 Å². The Bertz CT molecular complexity index is 1060. The van der Waals surface area contributed by atoms with Crippen molar-refractivity contribution in [1.29, 1.82) is 0 Å². The summed E-state index contributed by atoms with van der Waals surface area (Å²) in [6.07, 6.45) is 13.9. The SMILES string of the molecule is CCC(C)c1ccc(OC(OC2CCCC2)C2(c3cnc4ccccc4c3)CCCCC2)cc1. The third-order valence-electron chi connectivity index (χ3n) is 8.29. The van der Waals surface area contributed by atoms with Crippen molar-refractivity contribution >= 4 is 10.9 Å². The van der Waals surface area contributed by atoms with Gasteiger partial charge >= 0.3 is 0 Å². The number of ether oxygens (including phenoxy) is 2. The van der Waals surface area contributed by atoms with Crippen LogP contribution in [0.15, 0.2) is 60.8 Å². The maximum atomic E-state index is 6.87. The molecule has 0 spiro atoms. The molecule has 2 aliphatic rings. The van der Waals surface area contributed by atoms with Crippen molar-refractivity contribution in [3.63, 3.8) is 0 Å². The molecule has 0 aliphatic heterocycles. The van der Waals surface area contributed by atoms with Crippen molar-refractivity contribution in [1.82, 2.24) is 4.98 Å². The summed E-state index contributed by atoms with van der Waals surface area (Å²) < 4.78 is 13.7. The molecule has 3 nitrogen and oxygen atoms in total. The Hall–Kier alpha value is -2.39. The van der Waals surface area contributed by atoms with Crippen molar-refractivity contribution in [2.75, 3.05) is 0 Å². The predicted molar refractivity (Wildman–Crippen MR) is 139 cm³/mol. The minimum atomic E-state index is -0.298. The lowest BCUT2D eigenvalue weighted by molar-refractivity contribution is -0.166. The topological polar surface area (TPSA) is 31.4 Å². The zero-order valence-corrected chi connectivity index (χ0v) is 20.8. The maximum absolute atomic E-state index is 6.87. The third kappa shape index (κ3) is 4.86. The molecule has 1 aromatic heterocycles. The Kier molecular flexibility index (Phi) is 7.20. The second-order valence-electron chi connectivity index (χ2n) is 10.5. The fourth-order valence-corrected chi connectivity index (χ4v) is 5.89. The first-order chi connectivity index (χ1) is 16.7. The Morgan fingerprint density at radius 1 is 0.941 bits per heavy atom. The van der Waals surface area contributed by atoms with E-state index in [4.69, 9.17) is 14.5 Å². The van der Waals surface area contributed by atoms with E-state index in [9.17, 15) is 0 Å². The molecule has 0 bridgehead atoms. The van der Waals surface area contributed by atoms with Gasteiger partial charge in [-0.1, -0.05) is 76.3 Å². The highest BCUT2D eigenvalue weighted by atomic mass is 16.7. The first-order valence-electron chi connectivity index (χ1n) is 13.5. The molecule has 0 radical (unpaired) electrons. The number of fused-ring (bicyclic) bond motifs is 1. The number of nitrogens with zero attached hydrogens (tertiary/aromatic N) is 1. The molecule has 0 saturated heterocycles. The van der Waals surface area contributed by atoms with E-state index in [0.29, 0.717) is 5.92 Å². The lowest BCUT2D eigenvalue weighted by Crippen LogP contribution is -2.48. The molecule has 2 saturated carbocycles. The van der Waals surface area contributed by atoms with Crippen molar-refractivity contribution in [2.24, 2.45) is 0 Å². The summed E-state index contributed by atoms with van der Waals surface area (Å²) in [5.74, 6) is 1.47. The van der Waals surface area contributed by atoms with Gasteiger partial charge in [-0.05, 0) is 73.4 Å². The van der Waals surface area contributed by atoms with E-state index in [2.05, 4.69) is 74.6 Å². The molecular formula is C31H39NO2. The van der Waals surface area contributed by atoms with Crippen LogP contribution in [0.2, 0.25) is 0 Å². The molecule has 180 valence electrons. The number of para-hydroxylation sites is 1. The first kappa shape index (κ1) is 23.4. The fourth-order valence-electron chi connectivity index (χ4n) is 5.89. The van der Waals surface area contributed by atoms with E-state index >= 15 is 0 Å². The highest BCUT2D eigenvalue weighted by Gasteiger charge is 2.45. The molecular weight excluding hydrogens is 418 g/mol. The molecule has 2 fully saturated rings. The number of pyridine rings is 1. The Morgan fingerprint density at radius 2 is 1.68 bits per heavy atom. The largest absolute Gasteiger partial charge is 0.464 e. The van der Waals surface area contributed by atoms with E-state index in [1.807, 2.05) is 0 Å². The van der Waals surface area contributed by atoms with E-state index in [1.165, 1.54) is 48.6 Å². The lowest BCUT2D eigenvalue weighted by Gasteiger charge is -2.44. The second kappa shape index (κ2) is 10.5. The molecule has 3 heteroatoms. The molecule has 2 unspecified atom stereocenters. The van der Waals surface area contributed by atoms with Crippen LogP contribution in [0.4, 0.5) is 0 Å². The van der Waals surface area contributed by atoms with Crippen molar-refractivity contribution in [3.05, 3.63) is 71.9 Å². The van der Waals surface area contributed by atoms with Crippen LogP contribution in [0, 0.1) is 0 Å². The predicted octanol–water partition coefficient (Wildman–Crippen LogP) is 8.31. The molecule has 34 heavy (non-hydrogen) atoms. The van der Waals surface area contributed by atoms with Crippen LogP contribution >= 0.6 is 0 Å². The van der Waals surface area contributed by atoms with Crippen molar-refractivity contribution in [3.8, 4) is 5.75 Å². The lowest BCUT2D eigenvalue weighted by atomic mass is 9.69. The van der Waals surface area contributed by atoms with Crippen molar-refractivity contribution < 1.29 is 9.47 Å². The minimum absolute atomic E-state index is 0.173. The quantitative estimate of drug-likeness (QED) is 0.319. The summed E-state index contributed by atoms with van der Waals surface area (Å²) in [5.41, 5.74) is 3.51. The van der Waals surface area contributed by atoms with Crippen LogP contribution < -0.4 is 4.74 Å². The Morgan fingerprint density at radius 3 is 2.41 bits per heavy atom. The Labute approximate surface area is 204 Å². The minimum Gasteiger partial charge on any atom is -0.464 e. The van der Waals surface area contributed by atoms with Gasteiger partial charge in [0.2, 0.25) is 6.29 Å². The zero-order valence-electron chi connectivity index (χ0n) is 20.8. The van der Waals surface area contributed by atoms with Gasteiger partial charge in [0.15, 0.2) is 0 Å². The molecule has 0 N–H and O–H groups in total. The number of rotatable bonds is 8. The summed E-state index contributed by atoms with van der Waals surface area (Å²) in [6, 6.07) is 19.5. The highest BCUT2D eigenvalue weighted by molar-refractivity contribution is 5.79. The van der Waals surface area contributed by atoms with Gasteiger partial charge in [-0.3, -0.25) is 4.98 Å². The standard InChI is InChI=1S/C31H39NO2/c1-3-23(2)24-15-17-28(18-16-24)34-30(33-27-12-6-7-13-27)31(19-9-4-10-20-31)26-21-25-11-5-8-14-29(25)32-22-26/h5,8,11,14-18,21-23,27,30H,3-4,6-7,9-10,12-13,19-20H2,1-2H3. The van der Waals surface area contributed by atoms with Crippen molar-refractivity contribution in [2.45, 2.75) is 102 Å². The van der Waals surface area contributed by atoms with Gasteiger partial charge in [0, 0.05) is 11.6 Å².